The lowest BCUT2D eigenvalue weighted by Gasteiger charge is -2.29. The van der Waals surface area contributed by atoms with Crippen molar-refractivity contribution in [1.82, 2.24) is 4.90 Å². The van der Waals surface area contributed by atoms with E-state index in [9.17, 15) is 18.4 Å². The SMILES string of the molecule is CC1CN(CC(=O)c2ccc(F)cc2F)CCC1=O. The standard InChI is InChI=1S/C14H15F2NO2/c1-9-7-17(5-4-13(9)18)8-14(19)11-3-2-10(15)6-12(11)16/h2-3,6,9H,4-5,7-8H2,1H3. The quantitative estimate of drug-likeness (QED) is 0.787. The summed E-state index contributed by atoms with van der Waals surface area (Å²) in [7, 11) is 0. The highest BCUT2D eigenvalue weighted by molar-refractivity contribution is 5.98. The zero-order valence-corrected chi connectivity index (χ0v) is 10.7. The van der Waals surface area contributed by atoms with Crippen molar-refractivity contribution in [1.29, 1.82) is 0 Å². The summed E-state index contributed by atoms with van der Waals surface area (Å²) in [6.07, 6.45) is 0.417. The number of Topliss-reactive ketones (excluding diaryl/α,β-unsaturated/α-hetero) is 2. The fourth-order valence-electron chi connectivity index (χ4n) is 2.24. The van der Waals surface area contributed by atoms with Crippen molar-refractivity contribution in [2.24, 2.45) is 5.92 Å². The summed E-state index contributed by atoms with van der Waals surface area (Å²) in [5.41, 5.74) is -0.106. The molecule has 1 saturated heterocycles. The second-order valence-corrected chi connectivity index (χ2v) is 4.90. The molecule has 1 heterocycles. The van der Waals surface area contributed by atoms with Gasteiger partial charge in [0.25, 0.3) is 0 Å². The van der Waals surface area contributed by atoms with E-state index in [1.807, 2.05) is 11.8 Å². The number of carbonyl (C=O) groups excluding carboxylic acids is 2. The van der Waals surface area contributed by atoms with Crippen LogP contribution in [0.2, 0.25) is 0 Å². The van der Waals surface area contributed by atoms with Gasteiger partial charge in [-0.05, 0) is 12.1 Å². The summed E-state index contributed by atoms with van der Waals surface area (Å²) in [5.74, 6) is -1.84. The Balaban J connectivity index is 2.03. The molecule has 1 aliphatic heterocycles. The zero-order chi connectivity index (χ0) is 14.0. The molecular formula is C14H15F2NO2. The number of ketones is 2. The van der Waals surface area contributed by atoms with Gasteiger partial charge in [0, 0.05) is 31.5 Å². The molecule has 0 aliphatic carbocycles. The Labute approximate surface area is 110 Å². The number of carbonyl (C=O) groups is 2. The van der Waals surface area contributed by atoms with Gasteiger partial charge in [0.1, 0.15) is 17.4 Å². The van der Waals surface area contributed by atoms with E-state index in [4.69, 9.17) is 0 Å². The normalized spacial score (nSPS) is 20.6. The Kier molecular flexibility index (Phi) is 4.04. The van der Waals surface area contributed by atoms with Gasteiger partial charge >= 0.3 is 0 Å². The number of rotatable bonds is 3. The first-order chi connectivity index (χ1) is 8.97. The minimum atomic E-state index is -0.842. The summed E-state index contributed by atoms with van der Waals surface area (Å²) in [4.78, 5) is 25.1. The van der Waals surface area contributed by atoms with Crippen molar-refractivity contribution in [2.45, 2.75) is 13.3 Å². The Morgan fingerprint density at radius 3 is 2.79 bits per heavy atom. The molecule has 1 aliphatic rings. The Bertz CT molecular complexity index is 516. The number of likely N-dealkylation sites (tertiary alicyclic amines) is 1. The zero-order valence-electron chi connectivity index (χ0n) is 10.7. The number of benzene rings is 1. The molecule has 0 amide bonds. The van der Waals surface area contributed by atoms with E-state index in [-0.39, 0.29) is 29.6 Å². The number of hydrogen-bond acceptors (Lipinski definition) is 3. The van der Waals surface area contributed by atoms with Crippen LogP contribution in [0.3, 0.4) is 0 Å². The summed E-state index contributed by atoms with van der Waals surface area (Å²) >= 11 is 0. The molecular weight excluding hydrogens is 252 g/mol. The van der Waals surface area contributed by atoms with Crippen molar-refractivity contribution >= 4 is 11.6 Å². The molecule has 102 valence electrons. The molecule has 0 radical (unpaired) electrons. The van der Waals surface area contributed by atoms with E-state index in [0.717, 1.165) is 12.1 Å². The molecule has 1 atom stereocenters. The highest BCUT2D eigenvalue weighted by Crippen LogP contribution is 2.15. The summed E-state index contributed by atoms with van der Waals surface area (Å²) in [5, 5.41) is 0. The molecule has 1 fully saturated rings. The lowest BCUT2D eigenvalue weighted by molar-refractivity contribution is -0.125. The third-order valence-corrected chi connectivity index (χ3v) is 3.35. The van der Waals surface area contributed by atoms with Crippen molar-refractivity contribution in [3.8, 4) is 0 Å². The number of halogens is 2. The van der Waals surface area contributed by atoms with Gasteiger partial charge in [0.2, 0.25) is 0 Å². The minimum Gasteiger partial charge on any atom is -0.299 e. The molecule has 0 spiro atoms. The first kappa shape index (κ1) is 13.8. The van der Waals surface area contributed by atoms with Crippen LogP contribution in [0.25, 0.3) is 0 Å². The molecule has 0 N–H and O–H groups in total. The fraction of sp³-hybridized carbons (Fsp3) is 0.429. The van der Waals surface area contributed by atoms with Gasteiger partial charge in [-0.2, -0.15) is 0 Å². The van der Waals surface area contributed by atoms with Crippen LogP contribution in [0.5, 0.6) is 0 Å². The first-order valence-corrected chi connectivity index (χ1v) is 6.20. The van der Waals surface area contributed by atoms with Gasteiger partial charge in [-0.1, -0.05) is 6.92 Å². The van der Waals surface area contributed by atoms with Crippen molar-refractivity contribution in [3.63, 3.8) is 0 Å². The molecule has 1 aromatic rings. The summed E-state index contributed by atoms with van der Waals surface area (Å²) in [6.45, 7) is 2.89. The van der Waals surface area contributed by atoms with Gasteiger partial charge in [-0.15, -0.1) is 0 Å². The van der Waals surface area contributed by atoms with E-state index >= 15 is 0 Å². The van der Waals surface area contributed by atoms with E-state index in [0.29, 0.717) is 25.6 Å². The molecule has 1 aromatic carbocycles. The van der Waals surface area contributed by atoms with Crippen LogP contribution in [-0.2, 0) is 4.79 Å². The van der Waals surface area contributed by atoms with Crippen LogP contribution in [0.15, 0.2) is 18.2 Å². The predicted octanol–water partition coefficient (Wildman–Crippen LogP) is 2.06. The van der Waals surface area contributed by atoms with Crippen LogP contribution in [0.1, 0.15) is 23.7 Å². The molecule has 0 aromatic heterocycles. The lowest BCUT2D eigenvalue weighted by atomic mass is 9.98. The Morgan fingerprint density at radius 1 is 1.42 bits per heavy atom. The van der Waals surface area contributed by atoms with Gasteiger partial charge < -0.3 is 0 Å². The van der Waals surface area contributed by atoms with E-state index < -0.39 is 11.6 Å². The number of nitrogens with zero attached hydrogens (tertiary/aromatic N) is 1. The largest absolute Gasteiger partial charge is 0.299 e. The number of hydrogen-bond donors (Lipinski definition) is 0. The predicted molar refractivity (Wildman–Crippen MR) is 65.9 cm³/mol. The highest BCUT2D eigenvalue weighted by atomic mass is 19.1. The third kappa shape index (κ3) is 3.23. The van der Waals surface area contributed by atoms with Crippen LogP contribution < -0.4 is 0 Å². The minimum absolute atomic E-state index is 0.0557. The topological polar surface area (TPSA) is 37.4 Å². The second-order valence-electron chi connectivity index (χ2n) is 4.90. The van der Waals surface area contributed by atoms with Gasteiger partial charge in [-0.3, -0.25) is 14.5 Å². The lowest BCUT2D eigenvalue weighted by Crippen LogP contribution is -2.42. The Hall–Kier alpha value is -1.62. The van der Waals surface area contributed by atoms with Crippen molar-refractivity contribution in [3.05, 3.63) is 35.4 Å². The maximum Gasteiger partial charge on any atom is 0.179 e. The maximum atomic E-state index is 13.5. The van der Waals surface area contributed by atoms with Gasteiger partial charge in [0.15, 0.2) is 5.78 Å². The molecule has 2 rings (SSSR count). The molecule has 1 unspecified atom stereocenters. The second kappa shape index (κ2) is 5.57. The molecule has 0 saturated carbocycles. The molecule has 0 bridgehead atoms. The van der Waals surface area contributed by atoms with Gasteiger partial charge in [-0.25, -0.2) is 8.78 Å². The highest BCUT2D eigenvalue weighted by Gasteiger charge is 2.25. The molecule has 3 nitrogen and oxygen atoms in total. The van der Waals surface area contributed by atoms with Crippen LogP contribution in [0.4, 0.5) is 8.78 Å². The Morgan fingerprint density at radius 2 is 2.16 bits per heavy atom. The maximum absolute atomic E-state index is 13.5. The third-order valence-electron chi connectivity index (χ3n) is 3.35. The smallest absolute Gasteiger partial charge is 0.179 e. The fourth-order valence-corrected chi connectivity index (χ4v) is 2.24. The summed E-state index contributed by atoms with van der Waals surface area (Å²) in [6, 6.07) is 2.93. The van der Waals surface area contributed by atoms with E-state index in [1.54, 1.807) is 0 Å². The van der Waals surface area contributed by atoms with Crippen LogP contribution in [-0.4, -0.2) is 36.1 Å². The van der Waals surface area contributed by atoms with Crippen molar-refractivity contribution in [2.75, 3.05) is 19.6 Å². The van der Waals surface area contributed by atoms with E-state index in [1.165, 1.54) is 0 Å². The van der Waals surface area contributed by atoms with Gasteiger partial charge in [0.05, 0.1) is 12.1 Å². The van der Waals surface area contributed by atoms with E-state index in [2.05, 4.69) is 0 Å². The average Bonchev–Trinajstić information content (AvgIpc) is 2.33. The van der Waals surface area contributed by atoms with Crippen molar-refractivity contribution < 1.29 is 18.4 Å². The molecule has 5 heteroatoms. The van der Waals surface area contributed by atoms with Crippen LogP contribution in [0, 0.1) is 17.6 Å². The first-order valence-electron chi connectivity index (χ1n) is 6.20. The molecule has 19 heavy (non-hydrogen) atoms. The summed E-state index contributed by atoms with van der Waals surface area (Å²) < 4.78 is 26.2. The van der Waals surface area contributed by atoms with Crippen LogP contribution >= 0.6 is 0 Å². The monoisotopic (exact) mass is 267 g/mol. The number of piperidine rings is 1. The average molecular weight is 267 g/mol.